The molecule has 0 radical (unpaired) electrons. The van der Waals surface area contributed by atoms with E-state index in [4.69, 9.17) is 0 Å². The predicted molar refractivity (Wildman–Crippen MR) is 126 cm³/mol. The van der Waals surface area contributed by atoms with E-state index in [0.717, 1.165) is 6.42 Å². The number of amides is 3. The number of hydrogen-bond donors (Lipinski definition) is 3. The van der Waals surface area contributed by atoms with Crippen molar-refractivity contribution in [1.29, 1.82) is 0 Å². The molecule has 0 aromatic heterocycles. The molecule has 5 heteroatoms. The lowest BCUT2D eigenvalue weighted by Gasteiger charge is -2.45. The van der Waals surface area contributed by atoms with Crippen molar-refractivity contribution < 1.29 is 9.59 Å². The van der Waals surface area contributed by atoms with Crippen molar-refractivity contribution in [2.75, 3.05) is 11.9 Å². The van der Waals surface area contributed by atoms with Gasteiger partial charge in [-0.05, 0) is 53.6 Å². The molecule has 3 amide bonds. The summed E-state index contributed by atoms with van der Waals surface area (Å²) in [5.41, 5.74) is 6.30. The molecule has 0 saturated heterocycles. The summed E-state index contributed by atoms with van der Waals surface area (Å²) in [4.78, 5) is 24.9. The third kappa shape index (κ3) is 3.75. The van der Waals surface area contributed by atoms with Crippen LogP contribution in [0.15, 0.2) is 78.9 Å². The minimum atomic E-state index is -0.626. The highest BCUT2D eigenvalue weighted by atomic mass is 16.2. The molecule has 0 heterocycles. The van der Waals surface area contributed by atoms with Crippen LogP contribution in [0, 0.1) is 5.92 Å². The first kappa shape index (κ1) is 20.3. The first-order chi connectivity index (χ1) is 15.6. The van der Waals surface area contributed by atoms with Crippen molar-refractivity contribution in [2.45, 2.75) is 31.2 Å². The Hall–Kier alpha value is -3.60. The first-order valence-corrected chi connectivity index (χ1v) is 11.2. The molecule has 6 rings (SSSR count). The van der Waals surface area contributed by atoms with E-state index in [1.54, 1.807) is 19.1 Å². The SMILES string of the molecule is CC(NC(=O)Nc1ccccc1)C(=O)NCC1CC2c3ccccc3C1c1ccccc12. The first-order valence-electron chi connectivity index (χ1n) is 11.2. The van der Waals surface area contributed by atoms with E-state index >= 15 is 0 Å². The number of para-hydroxylation sites is 1. The third-order valence-electron chi connectivity index (χ3n) is 6.73. The van der Waals surface area contributed by atoms with Crippen LogP contribution in [-0.4, -0.2) is 24.5 Å². The van der Waals surface area contributed by atoms with Crippen molar-refractivity contribution in [3.63, 3.8) is 0 Å². The molecule has 0 saturated carbocycles. The zero-order chi connectivity index (χ0) is 22.1. The maximum Gasteiger partial charge on any atom is 0.319 e. The number of benzene rings is 3. The normalized spacial score (nSPS) is 21.1. The number of carbonyl (C=O) groups is 2. The molecule has 3 N–H and O–H groups in total. The Balaban J connectivity index is 1.24. The molecule has 2 atom stereocenters. The molecule has 32 heavy (non-hydrogen) atoms. The van der Waals surface area contributed by atoms with Crippen LogP contribution >= 0.6 is 0 Å². The summed E-state index contributed by atoms with van der Waals surface area (Å²) >= 11 is 0. The maximum absolute atomic E-state index is 12.7. The lowest BCUT2D eigenvalue weighted by molar-refractivity contribution is -0.122. The number of rotatable bonds is 5. The molecule has 0 aliphatic heterocycles. The molecule has 2 bridgehead atoms. The van der Waals surface area contributed by atoms with Gasteiger partial charge in [0.25, 0.3) is 0 Å². The summed E-state index contributed by atoms with van der Waals surface area (Å²) in [6.45, 7) is 2.30. The zero-order valence-electron chi connectivity index (χ0n) is 18.0. The zero-order valence-corrected chi connectivity index (χ0v) is 18.0. The monoisotopic (exact) mass is 425 g/mol. The van der Waals surface area contributed by atoms with Crippen molar-refractivity contribution in [1.82, 2.24) is 10.6 Å². The number of carbonyl (C=O) groups excluding carboxylic acids is 2. The number of fused-ring (bicyclic) bond motifs is 1. The Labute approximate surface area is 188 Å². The van der Waals surface area contributed by atoms with Crippen LogP contribution in [0.25, 0.3) is 0 Å². The number of nitrogens with one attached hydrogen (secondary N) is 3. The van der Waals surface area contributed by atoms with Crippen molar-refractivity contribution >= 4 is 17.6 Å². The van der Waals surface area contributed by atoms with Crippen LogP contribution in [0.2, 0.25) is 0 Å². The van der Waals surface area contributed by atoms with Crippen LogP contribution in [0.5, 0.6) is 0 Å². The second-order valence-corrected chi connectivity index (χ2v) is 8.72. The highest BCUT2D eigenvalue weighted by Gasteiger charge is 2.42. The van der Waals surface area contributed by atoms with E-state index in [0.29, 0.717) is 24.1 Å². The smallest absolute Gasteiger partial charge is 0.319 e. The van der Waals surface area contributed by atoms with E-state index in [1.807, 2.05) is 18.2 Å². The number of hydrogen-bond acceptors (Lipinski definition) is 2. The highest BCUT2D eigenvalue weighted by Crippen LogP contribution is 2.55. The fourth-order valence-electron chi connectivity index (χ4n) is 5.30. The van der Waals surface area contributed by atoms with Crippen LogP contribution in [-0.2, 0) is 4.79 Å². The van der Waals surface area contributed by atoms with E-state index in [2.05, 4.69) is 64.5 Å². The van der Waals surface area contributed by atoms with E-state index in [9.17, 15) is 9.59 Å². The summed E-state index contributed by atoms with van der Waals surface area (Å²) in [5, 5.41) is 8.55. The number of anilines is 1. The topological polar surface area (TPSA) is 70.2 Å². The largest absolute Gasteiger partial charge is 0.354 e. The van der Waals surface area contributed by atoms with Crippen molar-refractivity contribution in [3.05, 3.63) is 101 Å². The van der Waals surface area contributed by atoms with Gasteiger partial charge in [-0.3, -0.25) is 4.79 Å². The van der Waals surface area contributed by atoms with E-state index in [-0.39, 0.29) is 11.8 Å². The quantitative estimate of drug-likeness (QED) is 0.559. The standard InChI is InChI=1S/C27H27N3O2/c1-17(29-27(32)30-19-9-3-2-4-10-19)26(31)28-16-18-15-24-20-11-5-7-13-22(20)25(18)23-14-8-6-12-21(23)24/h2-14,17-18,24-25H,15-16H2,1H3,(H,28,31)(H2,29,30,32). The van der Waals surface area contributed by atoms with Crippen molar-refractivity contribution in [2.24, 2.45) is 5.92 Å². The average molecular weight is 426 g/mol. The molecule has 2 unspecified atom stereocenters. The molecule has 3 aliphatic carbocycles. The molecule has 5 nitrogen and oxygen atoms in total. The van der Waals surface area contributed by atoms with Gasteiger partial charge in [-0.1, -0.05) is 66.7 Å². The Kier molecular flexibility index (Phi) is 5.39. The van der Waals surface area contributed by atoms with Gasteiger partial charge < -0.3 is 16.0 Å². The highest BCUT2D eigenvalue weighted by molar-refractivity contribution is 5.93. The molecule has 0 fully saturated rings. The Morgan fingerprint density at radius 1 is 0.844 bits per heavy atom. The minimum absolute atomic E-state index is 0.170. The van der Waals surface area contributed by atoms with Gasteiger partial charge in [-0.25, -0.2) is 4.79 Å². The molecular weight excluding hydrogens is 398 g/mol. The van der Waals surface area contributed by atoms with Gasteiger partial charge in [0.1, 0.15) is 6.04 Å². The molecule has 3 aromatic rings. The van der Waals surface area contributed by atoms with Crippen LogP contribution in [0.1, 0.15) is 47.4 Å². The Morgan fingerprint density at radius 2 is 1.41 bits per heavy atom. The predicted octanol–water partition coefficient (Wildman–Crippen LogP) is 4.61. The summed E-state index contributed by atoms with van der Waals surface area (Å²) in [6.07, 6.45) is 1.02. The second-order valence-electron chi connectivity index (χ2n) is 8.72. The molecule has 3 aromatic carbocycles. The van der Waals surface area contributed by atoms with Gasteiger partial charge in [-0.15, -0.1) is 0 Å². The van der Waals surface area contributed by atoms with E-state index < -0.39 is 12.1 Å². The van der Waals surface area contributed by atoms with Gasteiger partial charge in [0.05, 0.1) is 0 Å². The van der Waals surface area contributed by atoms with Gasteiger partial charge in [-0.2, -0.15) is 0 Å². The lowest BCUT2D eigenvalue weighted by atomic mass is 9.59. The number of urea groups is 1. The average Bonchev–Trinajstić information content (AvgIpc) is 2.83. The minimum Gasteiger partial charge on any atom is -0.354 e. The lowest BCUT2D eigenvalue weighted by Crippen LogP contribution is -2.48. The summed E-state index contributed by atoms with van der Waals surface area (Å²) in [6, 6.07) is 25.6. The van der Waals surface area contributed by atoms with Crippen LogP contribution in [0.4, 0.5) is 10.5 Å². The third-order valence-corrected chi connectivity index (χ3v) is 6.73. The molecule has 0 spiro atoms. The molecule has 162 valence electrons. The van der Waals surface area contributed by atoms with Gasteiger partial charge in [0, 0.05) is 24.1 Å². The second kappa shape index (κ2) is 8.50. The fourth-order valence-corrected chi connectivity index (χ4v) is 5.30. The van der Waals surface area contributed by atoms with Crippen LogP contribution < -0.4 is 16.0 Å². The fraction of sp³-hybridized carbons (Fsp3) is 0.259. The van der Waals surface area contributed by atoms with Crippen molar-refractivity contribution in [3.8, 4) is 0 Å². The van der Waals surface area contributed by atoms with Gasteiger partial charge in [0.2, 0.25) is 5.91 Å². The molecular formula is C27H27N3O2. The Morgan fingerprint density at radius 3 is 2.03 bits per heavy atom. The van der Waals surface area contributed by atoms with Crippen LogP contribution in [0.3, 0.4) is 0 Å². The Bertz CT molecular complexity index is 1100. The summed E-state index contributed by atoms with van der Waals surface area (Å²) in [5.74, 6) is 0.828. The maximum atomic E-state index is 12.7. The summed E-state index contributed by atoms with van der Waals surface area (Å²) in [7, 11) is 0. The summed E-state index contributed by atoms with van der Waals surface area (Å²) < 4.78 is 0. The van der Waals surface area contributed by atoms with E-state index in [1.165, 1.54) is 22.3 Å². The van der Waals surface area contributed by atoms with Gasteiger partial charge in [0.15, 0.2) is 0 Å². The van der Waals surface area contributed by atoms with Gasteiger partial charge >= 0.3 is 6.03 Å². The molecule has 3 aliphatic rings.